The molecule has 10 heteroatoms. The molecule has 2 N–H and O–H groups in total. The first-order valence-corrected chi connectivity index (χ1v) is 14.2. The molecule has 0 bridgehead atoms. The molecule has 1 heterocycles. The number of rotatable bonds is 8. The summed E-state index contributed by atoms with van der Waals surface area (Å²) in [5.74, 6) is -1.21. The fraction of sp³-hybridized carbons (Fsp3) is 0.111. The topological polar surface area (TPSA) is 102 Å². The van der Waals surface area contributed by atoms with E-state index >= 15 is 0 Å². The Morgan fingerprint density at radius 2 is 1.62 bits per heavy atom. The molecule has 0 saturated carbocycles. The minimum Gasteiger partial charge on any atom is -0.444 e. The standard InChI is InChI=1S/C27H23BrN2O5S2/c1-17-8-9-18(2)22(16-17)29-26(31)25(19-6-4-3-5-7-19)35-27(32)20-10-12-21(13-11-20)30-37(33,34)24-15-14-23(28)36-24/h3-16,25,30H,1-2H3,(H,29,31). The molecule has 7 nitrogen and oxygen atoms in total. The van der Waals surface area contributed by atoms with E-state index in [9.17, 15) is 18.0 Å². The van der Waals surface area contributed by atoms with Crippen molar-refractivity contribution in [2.45, 2.75) is 24.2 Å². The van der Waals surface area contributed by atoms with Crippen molar-refractivity contribution in [2.24, 2.45) is 0 Å². The highest BCUT2D eigenvalue weighted by molar-refractivity contribution is 9.11. The van der Waals surface area contributed by atoms with Gasteiger partial charge in [0, 0.05) is 16.9 Å². The van der Waals surface area contributed by atoms with Crippen LogP contribution in [0, 0.1) is 13.8 Å². The van der Waals surface area contributed by atoms with E-state index in [-0.39, 0.29) is 15.5 Å². The summed E-state index contributed by atoms with van der Waals surface area (Å²) in [6, 6.07) is 23.4. The molecule has 0 aliphatic rings. The van der Waals surface area contributed by atoms with Crippen molar-refractivity contribution in [1.82, 2.24) is 0 Å². The first-order valence-electron chi connectivity index (χ1n) is 11.1. The number of sulfonamides is 1. The summed E-state index contributed by atoms with van der Waals surface area (Å²) in [6.45, 7) is 3.80. The number of hydrogen-bond donors (Lipinski definition) is 2. The number of hydrogen-bond acceptors (Lipinski definition) is 6. The Hall–Kier alpha value is -3.47. The molecular formula is C27H23BrN2O5S2. The van der Waals surface area contributed by atoms with E-state index in [0.29, 0.717) is 15.0 Å². The maximum Gasteiger partial charge on any atom is 0.339 e. The lowest BCUT2D eigenvalue weighted by atomic mass is 10.1. The van der Waals surface area contributed by atoms with Crippen LogP contribution in [-0.2, 0) is 19.6 Å². The molecule has 1 amide bonds. The molecule has 1 aromatic heterocycles. The van der Waals surface area contributed by atoms with Crippen LogP contribution < -0.4 is 10.0 Å². The van der Waals surface area contributed by atoms with Crippen LogP contribution in [-0.4, -0.2) is 20.3 Å². The summed E-state index contributed by atoms with van der Waals surface area (Å²) in [5.41, 5.74) is 3.47. The SMILES string of the molecule is Cc1ccc(C)c(NC(=O)C(OC(=O)c2ccc(NS(=O)(=O)c3ccc(Br)s3)cc2)c2ccccc2)c1. The molecule has 0 aliphatic carbocycles. The molecular weight excluding hydrogens is 576 g/mol. The van der Waals surface area contributed by atoms with E-state index in [2.05, 4.69) is 26.0 Å². The number of amides is 1. The number of thiophene rings is 1. The third kappa shape index (κ3) is 6.65. The molecule has 0 saturated heterocycles. The van der Waals surface area contributed by atoms with Gasteiger partial charge in [-0.2, -0.15) is 0 Å². The van der Waals surface area contributed by atoms with Gasteiger partial charge in [0.2, 0.25) is 6.10 Å². The Labute approximate surface area is 227 Å². The zero-order chi connectivity index (χ0) is 26.6. The summed E-state index contributed by atoms with van der Waals surface area (Å²) < 4.78 is 34.1. The highest BCUT2D eigenvalue weighted by Crippen LogP contribution is 2.28. The predicted octanol–water partition coefficient (Wildman–Crippen LogP) is 6.47. The first-order chi connectivity index (χ1) is 17.6. The Morgan fingerprint density at radius 1 is 0.919 bits per heavy atom. The summed E-state index contributed by atoms with van der Waals surface area (Å²) in [5, 5.41) is 2.86. The Kier molecular flexibility index (Phi) is 8.11. The van der Waals surface area contributed by atoms with Gasteiger partial charge >= 0.3 is 5.97 Å². The molecule has 0 aliphatic heterocycles. The average Bonchev–Trinajstić information content (AvgIpc) is 3.32. The van der Waals surface area contributed by atoms with Gasteiger partial charge in [-0.25, -0.2) is 13.2 Å². The molecule has 1 atom stereocenters. The minimum atomic E-state index is -3.76. The van der Waals surface area contributed by atoms with Crippen LogP contribution in [0.2, 0.25) is 0 Å². The monoisotopic (exact) mass is 598 g/mol. The molecule has 190 valence electrons. The molecule has 1 unspecified atom stereocenters. The average molecular weight is 600 g/mol. The van der Waals surface area contributed by atoms with Gasteiger partial charge in [-0.1, -0.05) is 42.5 Å². The van der Waals surface area contributed by atoms with Gasteiger partial charge in [0.1, 0.15) is 4.21 Å². The van der Waals surface area contributed by atoms with Crippen molar-refractivity contribution < 1.29 is 22.7 Å². The fourth-order valence-electron chi connectivity index (χ4n) is 3.47. The van der Waals surface area contributed by atoms with Crippen molar-refractivity contribution >= 4 is 60.5 Å². The number of benzene rings is 3. The zero-order valence-electron chi connectivity index (χ0n) is 19.9. The molecule has 3 aromatic carbocycles. The van der Waals surface area contributed by atoms with Gasteiger partial charge in [-0.3, -0.25) is 9.52 Å². The Bertz CT molecular complexity index is 1530. The van der Waals surface area contributed by atoms with Crippen LogP contribution in [0.3, 0.4) is 0 Å². The van der Waals surface area contributed by atoms with Crippen LogP contribution in [0.15, 0.2) is 92.9 Å². The van der Waals surface area contributed by atoms with Crippen molar-refractivity contribution in [3.63, 3.8) is 0 Å². The Morgan fingerprint density at radius 3 is 2.27 bits per heavy atom. The van der Waals surface area contributed by atoms with E-state index in [1.54, 1.807) is 36.4 Å². The van der Waals surface area contributed by atoms with Gasteiger partial charge in [0.15, 0.2) is 0 Å². The lowest BCUT2D eigenvalue weighted by molar-refractivity contribution is -0.125. The van der Waals surface area contributed by atoms with E-state index in [1.807, 2.05) is 32.0 Å². The van der Waals surface area contributed by atoms with Crippen molar-refractivity contribution in [2.75, 3.05) is 10.0 Å². The summed E-state index contributed by atoms with van der Waals surface area (Å²) in [4.78, 5) is 26.2. The maximum atomic E-state index is 13.2. The van der Waals surface area contributed by atoms with Crippen molar-refractivity contribution in [3.05, 3.63) is 111 Å². The molecule has 0 spiro atoms. The second-order valence-electron chi connectivity index (χ2n) is 8.25. The number of anilines is 2. The van der Waals surface area contributed by atoms with Gasteiger partial charge < -0.3 is 10.1 Å². The van der Waals surface area contributed by atoms with Crippen molar-refractivity contribution in [3.8, 4) is 0 Å². The maximum absolute atomic E-state index is 13.2. The van der Waals surface area contributed by atoms with Crippen LogP contribution in [0.25, 0.3) is 0 Å². The van der Waals surface area contributed by atoms with Crippen LogP contribution >= 0.6 is 27.3 Å². The third-order valence-corrected chi connectivity index (χ3v) is 8.90. The summed E-state index contributed by atoms with van der Waals surface area (Å²) in [6.07, 6.45) is -1.19. The van der Waals surface area contributed by atoms with Gasteiger partial charge in [-0.15, -0.1) is 11.3 Å². The van der Waals surface area contributed by atoms with Crippen molar-refractivity contribution in [1.29, 1.82) is 0 Å². The number of aryl methyl sites for hydroxylation is 2. The summed E-state index contributed by atoms with van der Waals surface area (Å²) >= 11 is 4.34. The molecule has 0 radical (unpaired) electrons. The fourth-order valence-corrected chi connectivity index (χ4v) is 6.54. The number of ether oxygens (including phenoxy) is 1. The molecule has 4 aromatic rings. The highest BCUT2D eigenvalue weighted by atomic mass is 79.9. The Balaban J connectivity index is 1.51. The van der Waals surface area contributed by atoms with Crippen LogP contribution in [0.1, 0.15) is 33.2 Å². The lowest BCUT2D eigenvalue weighted by Crippen LogP contribution is -2.26. The van der Waals surface area contributed by atoms with Gasteiger partial charge in [0.25, 0.3) is 15.9 Å². The highest BCUT2D eigenvalue weighted by Gasteiger charge is 2.26. The van der Waals surface area contributed by atoms with Crippen LogP contribution in [0.5, 0.6) is 0 Å². The van der Waals surface area contributed by atoms with E-state index in [0.717, 1.165) is 22.5 Å². The molecule has 4 rings (SSSR count). The quantitative estimate of drug-likeness (QED) is 0.226. The largest absolute Gasteiger partial charge is 0.444 e. The lowest BCUT2D eigenvalue weighted by Gasteiger charge is -2.19. The van der Waals surface area contributed by atoms with E-state index < -0.39 is 28.0 Å². The third-order valence-electron chi connectivity index (χ3n) is 5.40. The minimum absolute atomic E-state index is 0.156. The molecule has 0 fully saturated rings. The number of nitrogens with one attached hydrogen (secondary N) is 2. The number of carbonyl (C=O) groups is 2. The first kappa shape index (κ1) is 26.6. The smallest absolute Gasteiger partial charge is 0.339 e. The number of carbonyl (C=O) groups excluding carboxylic acids is 2. The van der Waals surface area contributed by atoms with Crippen LogP contribution in [0.4, 0.5) is 11.4 Å². The zero-order valence-corrected chi connectivity index (χ0v) is 23.1. The normalized spacial score (nSPS) is 12.0. The van der Waals surface area contributed by atoms with E-state index in [4.69, 9.17) is 4.74 Å². The van der Waals surface area contributed by atoms with Gasteiger partial charge in [0.05, 0.1) is 9.35 Å². The second kappa shape index (κ2) is 11.3. The summed E-state index contributed by atoms with van der Waals surface area (Å²) in [7, 11) is -3.76. The second-order valence-corrected chi connectivity index (χ2v) is 12.6. The van der Waals surface area contributed by atoms with E-state index in [1.165, 1.54) is 30.3 Å². The number of halogens is 1. The predicted molar refractivity (Wildman–Crippen MR) is 148 cm³/mol. The van der Waals surface area contributed by atoms with Gasteiger partial charge in [-0.05, 0) is 83.4 Å². The molecule has 37 heavy (non-hydrogen) atoms. The number of esters is 1.